The number of rotatable bonds is 2. The minimum Gasteiger partial charge on any atom is -0.741 e. The first-order valence-electron chi connectivity index (χ1n) is 7.79. The lowest BCUT2D eigenvalue weighted by Gasteiger charge is -2.27. The van der Waals surface area contributed by atoms with Crippen molar-refractivity contribution >= 4 is 10.1 Å². The normalized spacial score (nSPS) is 22.7. The molecule has 0 amide bonds. The third-order valence-electron chi connectivity index (χ3n) is 4.25. The van der Waals surface area contributed by atoms with Gasteiger partial charge < -0.3 is 14.0 Å². The summed E-state index contributed by atoms with van der Waals surface area (Å²) in [6, 6.07) is 4.30. The monoisotopic (exact) mass is 383 g/mol. The van der Waals surface area contributed by atoms with E-state index in [4.69, 9.17) is 22.4 Å². The largest absolute Gasteiger partial charge is 0.741 e. The van der Waals surface area contributed by atoms with Gasteiger partial charge in [0, 0.05) is 18.6 Å². The van der Waals surface area contributed by atoms with Crippen LogP contribution in [0.1, 0.15) is 24.8 Å². The van der Waals surface area contributed by atoms with E-state index < -0.39 is 15.6 Å². The summed E-state index contributed by atoms with van der Waals surface area (Å²) in [5.74, 6) is 0.232. The van der Waals surface area contributed by atoms with E-state index in [0.717, 1.165) is 26.2 Å². The predicted octanol–water partition coefficient (Wildman–Crippen LogP) is 1.88. The van der Waals surface area contributed by atoms with Crippen LogP contribution in [0, 0.1) is 12.8 Å². The number of hydrogen-bond acceptors (Lipinski definition) is 5. The van der Waals surface area contributed by atoms with Gasteiger partial charge in [0.15, 0.2) is 34.8 Å². The molecule has 1 unspecified atom stereocenters. The Hall–Kier alpha value is -1.23. The van der Waals surface area contributed by atoms with Gasteiger partial charge in [-0.15, -0.1) is 0 Å². The van der Waals surface area contributed by atoms with Gasteiger partial charge in [-0.2, -0.15) is 13.2 Å². The second kappa shape index (κ2) is 7.56. The van der Waals surface area contributed by atoms with E-state index in [1.54, 1.807) is 0 Å². The molecule has 1 aromatic heterocycles. The molecule has 0 bridgehead atoms. The summed E-state index contributed by atoms with van der Waals surface area (Å²) in [7, 11) is -6.09. The van der Waals surface area contributed by atoms with E-state index in [0.29, 0.717) is 5.92 Å². The first kappa shape index (κ1) is 20.1. The van der Waals surface area contributed by atoms with Gasteiger partial charge in [0.2, 0.25) is 0 Å². The molecule has 1 atom stereocenters. The van der Waals surface area contributed by atoms with Crippen molar-refractivity contribution in [3.63, 3.8) is 0 Å². The van der Waals surface area contributed by atoms with E-state index in [-0.39, 0.29) is 5.79 Å². The Morgan fingerprint density at radius 3 is 2.28 bits per heavy atom. The highest BCUT2D eigenvalue weighted by molar-refractivity contribution is 7.86. The van der Waals surface area contributed by atoms with Crippen molar-refractivity contribution in [2.75, 3.05) is 13.2 Å². The minimum absolute atomic E-state index is 0.266. The Kier molecular flexibility index (Phi) is 6.08. The summed E-state index contributed by atoms with van der Waals surface area (Å²) in [5.41, 5.74) is -4.34. The van der Waals surface area contributed by atoms with Gasteiger partial charge in [0.1, 0.15) is 0 Å². The third-order valence-corrected chi connectivity index (χ3v) is 4.82. The van der Waals surface area contributed by atoms with Crippen molar-refractivity contribution in [1.29, 1.82) is 0 Å². The molecule has 6 nitrogen and oxygen atoms in total. The summed E-state index contributed by atoms with van der Waals surface area (Å²) in [5, 5.41) is 0. The number of pyridine rings is 1. The standard InChI is InChI=1S/C14H20NO2.CHF3O3S/c1-12-4-7-15(8-5-12)11-13-3-2-6-14(13)16-9-10-17-14;2-1(3,4)8(5,6)7/h4-5,7-8,13H,2-3,6,9-11H2,1H3;(H,5,6,7)/q+1;/p-1. The van der Waals surface area contributed by atoms with Crippen molar-refractivity contribution in [1.82, 2.24) is 0 Å². The number of halogens is 3. The fourth-order valence-corrected chi connectivity index (χ4v) is 3.01. The maximum Gasteiger partial charge on any atom is 0.485 e. The van der Waals surface area contributed by atoms with Gasteiger partial charge in [-0.3, -0.25) is 0 Å². The van der Waals surface area contributed by atoms with Crippen LogP contribution in [0.4, 0.5) is 13.2 Å². The van der Waals surface area contributed by atoms with E-state index in [1.165, 1.54) is 18.4 Å². The first-order chi connectivity index (χ1) is 11.5. The fourth-order valence-electron chi connectivity index (χ4n) is 3.01. The van der Waals surface area contributed by atoms with Crippen LogP contribution in [-0.4, -0.2) is 37.5 Å². The molecule has 1 aromatic rings. The molecule has 0 radical (unpaired) electrons. The predicted molar refractivity (Wildman–Crippen MR) is 79.1 cm³/mol. The molecule has 2 heterocycles. The number of nitrogens with zero attached hydrogens (tertiary/aromatic N) is 1. The van der Waals surface area contributed by atoms with E-state index in [9.17, 15) is 13.2 Å². The van der Waals surface area contributed by atoms with Gasteiger partial charge in [0.05, 0.1) is 19.1 Å². The second-order valence-corrected chi connectivity index (χ2v) is 7.44. The Labute approximate surface area is 144 Å². The quantitative estimate of drug-likeness (QED) is 0.443. The summed E-state index contributed by atoms with van der Waals surface area (Å²) in [6.45, 7) is 4.63. The Bertz CT molecular complexity index is 664. The smallest absolute Gasteiger partial charge is 0.485 e. The van der Waals surface area contributed by atoms with Gasteiger partial charge in [-0.25, -0.2) is 13.0 Å². The molecule has 1 saturated heterocycles. The number of hydrogen-bond donors (Lipinski definition) is 0. The van der Waals surface area contributed by atoms with Crippen LogP contribution in [0.25, 0.3) is 0 Å². The van der Waals surface area contributed by atoms with Crippen LogP contribution < -0.4 is 4.57 Å². The lowest BCUT2D eigenvalue weighted by atomic mass is 10.0. The van der Waals surface area contributed by atoms with Gasteiger partial charge in [-0.1, -0.05) is 0 Å². The third kappa shape index (κ3) is 5.13. The molecule has 3 rings (SSSR count). The summed E-state index contributed by atoms with van der Waals surface area (Å²) in [4.78, 5) is 0. The highest BCUT2D eigenvalue weighted by atomic mass is 32.2. The van der Waals surface area contributed by atoms with Crippen molar-refractivity contribution in [2.24, 2.45) is 5.92 Å². The number of aromatic nitrogens is 1. The van der Waals surface area contributed by atoms with Crippen LogP contribution in [0.2, 0.25) is 0 Å². The topological polar surface area (TPSA) is 79.5 Å². The first-order valence-corrected chi connectivity index (χ1v) is 9.20. The zero-order chi connectivity index (χ0) is 18.7. The maximum atomic E-state index is 10.7. The molecule has 0 aromatic carbocycles. The van der Waals surface area contributed by atoms with E-state index >= 15 is 0 Å². The van der Waals surface area contributed by atoms with Gasteiger partial charge >= 0.3 is 5.51 Å². The van der Waals surface area contributed by atoms with Crippen molar-refractivity contribution < 1.29 is 40.2 Å². The van der Waals surface area contributed by atoms with Gasteiger partial charge in [-0.05, 0) is 25.3 Å². The van der Waals surface area contributed by atoms with Gasteiger partial charge in [0.25, 0.3) is 0 Å². The lowest BCUT2D eigenvalue weighted by molar-refractivity contribution is -0.706. The molecular formula is C15H20F3NO5S. The Balaban J connectivity index is 0.000000242. The summed E-state index contributed by atoms with van der Waals surface area (Å²) >= 11 is 0. The maximum absolute atomic E-state index is 10.7. The second-order valence-electron chi connectivity index (χ2n) is 6.07. The van der Waals surface area contributed by atoms with E-state index in [1.807, 2.05) is 0 Å². The summed E-state index contributed by atoms with van der Waals surface area (Å²) in [6.07, 6.45) is 7.79. The fraction of sp³-hybridized carbons (Fsp3) is 0.667. The lowest BCUT2D eigenvalue weighted by Crippen LogP contribution is -2.45. The van der Waals surface area contributed by atoms with Crippen molar-refractivity contribution in [3.05, 3.63) is 30.1 Å². The molecule has 1 aliphatic heterocycles. The Morgan fingerprint density at radius 1 is 1.28 bits per heavy atom. The highest BCUT2D eigenvalue weighted by Gasteiger charge is 2.49. The van der Waals surface area contributed by atoms with Crippen LogP contribution >= 0.6 is 0 Å². The van der Waals surface area contributed by atoms with Crippen LogP contribution in [0.15, 0.2) is 24.5 Å². The van der Waals surface area contributed by atoms with Crippen molar-refractivity contribution in [3.8, 4) is 0 Å². The molecule has 2 aliphatic rings. The van der Waals surface area contributed by atoms with Crippen LogP contribution in [0.5, 0.6) is 0 Å². The molecule has 10 heteroatoms. The van der Waals surface area contributed by atoms with E-state index in [2.05, 4.69) is 36.0 Å². The zero-order valence-corrected chi connectivity index (χ0v) is 14.5. The highest BCUT2D eigenvalue weighted by Crippen LogP contribution is 2.42. The number of alkyl halides is 3. The summed E-state index contributed by atoms with van der Waals surface area (Å²) < 4.78 is 72.9. The number of ether oxygens (including phenoxy) is 2. The van der Waals surface area contributed by atoms with Crippen LogP contribution in [0.3, 0.4) is 0 Å². The molecule has 25 heavy (non-hydrogen) atoms. The molecule has 1 aliphatic carbocycles. The molecule has 142 valence electrons. The molecule has 2 fully saturated rings. The average molecular weight is 383 g/mol. The van der Waals surface area contributed by atoms with Crippen molar-refractivity contribution in [2.45, 2.75) is 44.0 Å². The molecular weight excluding hydrogens is 363 g/mol. The molecule has 1 saturated carbocycles. The number of aryl methyl sites for hydroxylation is 1. The minimum atomic E-state index is -6.09. The average Bonchev–Trinajstić information content (AvgIpc) is 3.12. The molecule has 1 spiro atoms. The SMILES string of the molecule is Cc1cc[n+](CC2CCCC23OCCO3)cc1.O=S(=O)([O-])C(F)(F)F. The Morgan fingerprint density at radius 2 is 1.80 bits per heavy atom. The van der Waals surface area contributed by atoms with Crippen LogP contribution in [-0.2, 0) is 26.1 Å². The zero-order valence-electron chi connectivity index (χ0n) is 13.7. The molecule has 0 N–H and O–H groups in total.